The molecule has 2 fully saturated rings. The molecule has 154 valence electrons. The number of nitrogens with one attached hydrogen (secondary N) is 2. The van der Waals surface area contributed by atoms with Gasteiger partial charge in [-0.3, -0.25) is 19.3 Å². The third kappa shape index (κ3) is 4.68. The normalized spacial score (nSPS) is 18.3. The Bertz CT molecular complexity index is 882. The van der Waals surface area contributed by atoms with Gasteiger partial charge in [0.25, 0.3) is 11.8 Å². The van der Waals surface area contributed by atoms with E-state index in [9.17, 15) is 14.4 Å². The molecule has 8 nitrogen and oxygen atoms in total. The second-order valence-corrected chi connectivity index (χ2v) is 8.47. The SMILES string of the molecule is CC(C(=O)NC1CC1)N1CCN(C(=O)c2ccc(NC(=O)c3ccco3)s2)CC1. The molecular weight excluding hydrogens is 392 g/mol. The molecule has 2 N–H and O–H groups in total. The van der Waals surface area contributed by atoms with Crippen molar-refractivity contribution >= 4 is 34.1 Å². The van der Waals surface area contributed by atoms with E-state index in [2.05, 4.69) is 15.5 Å². The zero-order valence-electron chi connectivity index (χ0n) is 16.2. The van der Waals surface area contributed by atoms with Crippen molar-refractivity contribution in [2.45, 2.75) is 31.8 Å². The lowest BCUT2D eigenvalue weighted by atomic mass is 10.2. The third-order valence-electron chi connectivity index (χ3n) is 5.25. The smallest absolute Gasteiger partial charge is 0.291 e. The third-order valence-corrected chi connectivity index (χ3v) is 6.24. The first-order valence-electron chi connectivity index (χ1n) is 9.79. The lowest BCUT2D eigenvalue weighted by Gasteiger charge is -2.37. The minimum atomic E-state index is -0.345. The number of nitrogens with zero attached hydrogens (tertiary/aromatic N) is 2. The van der Waals surface area contributed by atoms with Gasteiger partial charge in [-0.2, -0.15) is 0 Å². The van der Waals surface area contributed by atoms with Crippen molar-refractivity contribution < 1.29 is 18.8 Å². The molecule has 2 aromatic rings. The minimum Gasteiger partial charge on any atom is -0.459 e. The van der Waals surface area contributed by atoms with E-state index in [1.807, 2.05) is 6.92 Å². The van der Waals surface area contributed by atoms with Gasteiger partial charge >= 0.3 is 0 Å². The summed E-state index contributed by atoms with van der Waals surface area (Å²) in [5.74, 6) is -0.101. The van der Waals surface area contributed by atoms with Gasteiger partial charge in [-0.05, 0) is 44.0 Å². The van der Waals surface area contributed by atoms with Crippen LogP contribution in [0.15, 0.2) is 34.9 Å². The molecule has 3 heterocycles. The largest absolute Gasteiger partial charge is 0.459 e. The highest BCUT2D eigenvalue weighted by atomic mass is 32.1. The maximum Gasteiger partial charge on any atom is 0.291 e. The van der Waals surface area contributed by atoms with Gasteiger partial charge in [0.15, 0.2) is 5.76 Å². The van der Waals surface area contributed by atoms with E-state index in [1.54, 1.807) is 29.2 Å². The summed E-state index contributed by atoms with van der Waals surface area (Å²) in [5.41, 5.74) is 0. The van der Waals surface area contributed by atoms with Crippen LogP contribution >= 0.6 is 11.3 Å². The van der Waals surface area contributed by atoms with E-state index in [4.69, 9.17) is 4.42 Å². The van der Waals surface area contributed by atoms with Crippen molar-refractivity contribution in [3.05, 3.63) is 41.2 Å². The van der Waals surface area contributed by atoms with E-state index in [-0.39, 0.29) is 29.5 Å². The number of amides is 3. The molecule has 1 aliphatic heterocycles. The molecule has 1 atom stereocenters. The fourth-order valence-corrected chi connectivity index (χ4v) is 4.15. The number of rotatable bonds is 6. The van der Waals surface area contributed by atoms with Gasteiger partial charge in [-0.25, -0.2) is 0 Å². The number of thiophene rings is 1. The van der Waals surface area contributed by atoms with E-state index < -0.39 is 0 Å². The van der Waals surface area contributed by atoms with Crippen LogP contribution in [0.4, 0.5) is 5.00 Å². The topological polar surface area (TPSA) is 94.9 Å². The fourth-order valence-electron chi connectivity index (χ4n) is 3.28. The molecule has 0 radical (unpaired) electrons. The highest BCUT2D eigenvalue weighted by Crippen LogP contribution is 2.25. The Morgan fingerprint density at radius 1 is 1.14 bits per heavy atom. The number of carbonyl (C=O) groups is 3. The van der Waals surface area contributed by atoms with Crippen molar-refractivity contribution in [2.24, 2.45) is 0 Å². The maximum atomic E-state index is 12.8. The molecule has 0 aromatic carbocycles. The Hall–Kier alpha value is -2.65. The Morgan fingerprint density at radius 2 is 1.90 bits per heavy atom. The molecule has 1 saturated heterocycles. The average molecular weight is 417 g/mol. The second kappa shape index (κ2) is 8.38. The molecule has 2 aromatic heterocycles. The zero-order chi connectivity index (χ0) is 20.4. The zero-order valence-corrected chi connectivity index (χ0v) is 17.0. The van der Waals surface area contributed by atoms with Crippen molar-refractivity contribution in [3.63, 3.8) is 0 Å². The lowest BCUT2D eigenvalue weighted by Crippen LogP contribution is -2.55. The lowest BCUT2D eigenvalue weighted by molar-refractivity contribution is -0.126. The predicted octanol–water partition coefficient (Wildman–Crippen LogP) is 2.02. The highest BCUT2D eigenvalue weighted by molar-refractivity contribution is 7.18. The summed E-state index contributed by atoms with van der Waals surface area (Å²) in [6.45, 7) is 4.40. The van der Waals surface area contributed by atoms with Gasteiger partial charge in [-0.1, -0.05) is 0 Å². The summed E-state index contributed by atoms with van der Waals surface area (Å²) >= 11 is 1.24. The number of hydrogen-bond acceptors (Lipinski definition) is 6. The van der Waals surface area contributed by atoms with Crippen LogP contribution in [0.1, 0.15) is 40.0 Å². The fraction of sp³-hybridized carbons (Fsp3) is 0.450. The van der Waals surface area contributed by atoms with Crippen LogP contribution in [-0.2, 0) is 4.79 Å². The number of anilines is 1. The summed E-state index contributed by atoms with van der Waals surface area (Å²) < 4.78 is 5.07. The standard InChI is InChI=1S/C20H24N4O4S/c1-13(18(25)21-14-4-5-14)23-8-10-24(11-9-23)20(27)16-6-7-17(29-16)22-19(26)15-3-2-12-28-15/h2-3,6-7,12-14H,4-5,8-11H2,1H3,(H,21,25)(H,22,26). The summed E-state index contributed by atoms with van der Waals surface area (Å²) in [5, 5.41) is 6.37. The molecule has 2 aliphatic rings. The van der Waals surface area contributed by atoms with Gasteiger partial charge in [0.1, 0.15) is 0 Å². The molecule has 0 spiro atoms. The van der Waals surface area contributed by atoms with Crippen molar-refractivity contribution in [2.75, 3.05) is 31.5 Å². The summed E-state index contributed by atoms with van der Waals surface area (Å²) in [7, 11) is 0. The molecule has 0 bridgehead atoms. The summed E-state index contributed by atoms with van der Waals surface area (Å²) in [6, 6.07) is 6.85. The molecule has 1 aliphatic carbocycles. The Balaban J connectivity index is 1.29. The Kier molecular flexibility index (Phi) is 5.68. The maximum absolute atomic E-state index is 12.8. The van der Waals surface area contributed by atoms with Gasteiger partial charge in [0, 0.05) is 32.2 Å². The molecule has 3 amide bonds. The summed E-state index contributed by atoms with van der Waals surface area (Å²) in [6.07, 6.45) is 3.59. The Labute approximate surface area is 172 Å². The molecule has 1 unspecified atom stereocenters. The van der Waals surface area contributed by atoms with Crippen LogP contribution in [0.25, 0.3) is 0 Å². The number of furan rings is 1. The van der Waals surface area contributed by atoms with Crippen LogP contribution in [0.3, 0.4) is 0 Å². The molecule has 9 heteroatoms. The average Bonchev–Trinajstić information content (AvgIpc) is 3.20. The van der Waals surface area contributed by atoms with Crippen LogP contribution < -0.4 is 10.6 Å². The quantitative estimate of drug-likeness (QED) is 0.751. The van der Waals surface area contributed by atoms with Crippen LogP contribution in [-0.4, -0.2) is 65.8 Å². The first-order valence-corrected chi connectivity index (χ1v) is 10.6. The first kappa shape index (κ1) is 19.7. The van der Waals surface area contributed by atoms with Crippen molar-refractivity contribution in [1.29, 1.82) is 0 Å². The number of piperazine rings is 1. The minimum absolute atomic E-state index is 0.0526. The van der Waals surface area contributed by atoms with E-state index in [1.165, 1.54) is 17.6 Å². The molecule has 1 saturated carbocycles. The van der Waals surface area contributed by atoms with Crippen LogP contribution in [0, 0.1) is 0 Å². The molecule has 29 heavy (non-hydrogen) atoms. The van der Waals surface area contributed by atoms with E-state index in [0.717, 1.165) is 12.8 Å². The van der Waals surface area contributed by atoms with Crippen LogP contribution in [0.2, 0.25) is 0 Å². The number of hydrogen-bond donors (Lipinski definition) is 2. The van der Waals surface area contributed by atoms with Crippen LogP contribution in [0.5, 0.6) is 0 Å². The van der Waals surface area contributed by atoms with Gasteiger partial charge < -0.3 is 20.0 Å². The van der Waals surface area contributed by atoms with Crippen molar-refractivity contribution in [3.8, 4) is 0 Å². The highest BCUT2D eigenvalue weighted by Gasteiger charge is 2.31. The molecular formula is C20H24N4O4S. The van der Waals surface area contributed by atoms with E-state index in [0.29, 0.717) is 42.1 Å². The predicted molar refractivity (Wildman–Crippen MR) is 109 cm³/mol. The monoisotopic (exact) mass is 416 g/mol. The molecule has 4 rings (SSSR count). The van der Waals surface area contributed by atoms with Gasteiger partial charge in [0.2, 0.25) is 5.91 Å². The number of carbonyl (C=O) groups excluding carboxylic acids is 3. The Morgan fingerprint density at radius 3 is 2.55 bits per heavy atom. The van der Waals surface area contributed by atoms with Gasteiger partial charge in [0.05, 0.1) is 22.2 Å². The van der Waals surface area contributed by atoms with E-state index >= 15 is 0 Å². The summed E-state index contributed by atoms with van der Waals surface area (Å²) in [4.78, 5) is 41.6. The second-order valence-electron chi connectivity index (χ2n) is 7.38. The van der Waals surface area contributed by atoms with Gasteiger partial charge in [-0.15, -0.1) is 11.3 Å². The van der Waals surface area contributed by atoms with Crippen molar-refractivity contribution in [1.82, 2.24) is 15.1 Å². The first-order chi connectivity index (χ1) is 14.0.